The number of benzene rings is 1. The van der Waals surface area contributed by atoms with Crippen molar-refractivity contribution in [2.24, 2.45) is 5.92 Å². The Morgan fingerprint density at radius 1 is 1.53 bits per heavy atom. The second kappa shape index (κ2) is 4.69. The number of halogens is 1. The van der Waals surface area contributed by atoms with Crippen LogP contribution in [0.25, 0.3) is 0 Å². The lowest BCUT2D eigenvalue weighted by atomic mass is 9.57. The van der Waals surface area contributed by atoms with E-state index >= 15 is 0 Å². The van der Waals surface area contributed by atoms with Gasteiger partial charge in [0.15, 0.2) is 0 Å². The van der Waals surface area contributed by atoms with Gasteiger partial charge in [-0.3, -0.25) is 4.79 Å². The molecule has 0 spiro atoms. The molecule has 1 saturated carbocycles. The molecular weight excluding hydrogens is 236 g/mol. The summed E-state index contributed by atoms with van der Waals surface area (Å²) >= 11 is 5.94. The number of carboxylic acid groups (broad SMARTS) is 1. The molecule has 0 aliphatic heterocycles. The second-order valence-corrected chi connectivity index (χ2v) is 5.40. The van der Waals surface area contributed by atoms with Gasteiger partial charge in [-0.25, -0.2) is 0 Å². The average molecular weight is 253 g/mol. The third-order valence-electron chi connectivity index (χ3n) is 3.76. The van der Waals surface area contributed by atoms with Crippen LogP contribution in [-0.4, -0.2) is 11.1 Å². The number of carbonyl (C=O) groups is 1. The topological polar surface area (TPSA) is 37.3 Å². The van der Waals surface area contributed by atoms with E-state index in [-0.39, 0.29) is 0 Å². The summed E-state index contributed by atoms with van der Waals surface area (Å²) in [5, 5.41) is 10.1. The summed E-state index contributed by atoms with van der Waals surface area (Å²) in [5.41, 5.74) is 0.162. The van der Waals surface area contributed by atoms with Crippen molar-refractivity contribution in [1.29, 1.82) is 0 Å². The molecular formula is C14H17ClO2. The van der Waals surface area contributed by atoms with Crippen molar-refractivity contribution in [1.82, 2.24) is 0 Å². The molecule has 92 valence electrons. The first-order valence-corrected chi connectivity index (χ1v) is 6.46. The van der Waals surface area contributed by atoms with Gasteiger partial charge in [0.2, 0.25) is 0 Å². The number of carboxylic acids is 1. The highest BCUT2D eigenvalue weighted by Crippen LogP contribution is 2.50. The maximum absolute atomic E-state index is 11.5. The van der Waals surface area contributed by atoms with Crippen LogP contribution in [0.4, 0.5) is 0 Å². The summed E-state index contributed by atoms with van der Waals surface area (Å²) in [5.74, 6) is -0.165. The van der Waals surface area contributed by atoms with Gasteiger partial charge in [0.05, 0.1) is 5.41 Å². The van der Waals surface area contributed by atoms with E-state index in [9.17, 15) is 9.90 Å². The zero-order valence-corrected chi connectivity index (χ0v) is 10.7. The van der Waals surface area contributed by atoms with Crippen LogP contribution >= 0.6 is 11.6 Å². The molecule has 1 fully saturated rings. The first-order valence-electron chi connectivity index (χ1n) is 6.08. The molecule has 0 radical (unpaired) electrons. The summed E-state index contributed by atoms with van der Waals surface area (Å²) in [6.45, 7) is 2.14. The van der Waals surface area contributed by atoms with Crippen molar-refractivity contribution in [2.45, 2.75) is 38.0 Å². The third kappa shape index (κ3) is 2.19. The Hall–Kier alpha value is -1.02. The Labute approximate surface area is 107 Å². The summed E-state index contributed by atoms with van der Waals surface area (Å²) < 4.78 is 0. The Bertz CT molecular complexity index is 422. The fourth-order valence-electron chi connectivity index (χ4n) is 2.86. The quantitative estimate of drug-likeness (QED) is 0.883. The van der Waals surface area contributed by atoms with Gasteiger partial charge in [0.1, 0.15) is 0 Å². The van der Waals surface area contributed by atoms with Crippen molar-refractivity contribution in [2.75, 3.05) is 0 Å². The molecule has 1 aliphatic rings. The van der Waals surface area contributed by atoms with Crippen molar-refractivity contribution in [3.05, 3.63) is 34.9 Å². The van der Waals surface area contributed by atoms with Gasteiger partial charge < -0.3 is 5.11 Å². The largest absolute Gasteiger partial charge is 0.481 e. The van der Waals surface area contributed by atoms with Crippen molar-refractivity contribution in [3.63, 3.8) is 0 Å². The molecule has 0 heterocycles. The Morgan fingerprint density at radius 2 is 2.24 bits per heavy atom. The van der Waals surface area contributed by atoms with E-state index in [4.69, 9.17) is 11.6 Å². The second-order valence-electron chi connectivity index (χ2n) is 4.96. The van der Waals surface area contributed by atoms with Gasteiger partial charge in [-0.2, -0.15) is 0 Å². The molecule has 3 heteroatoms. The van der Waals surface area contributed by atoms with Crippen molar-refractivity contribution >= 4 is 17.6 Å². The molecule has 1 aromatic rings. The van der Waals surface area contributed by atoms with Crippen molar-refractivity contribution < 1.29 is 9.90 Å². The van der Waals surface area contributed by atoms with Gasteiger partial charge in [0, 0.05) is 5.02 Å². The lowest BCUT2D eigenvalue weighted by molar-refractivity contribution is -0.150. The minimum Gasteiger partial charge on any atom is -0.481 e. The van der Waals surface area contributed by atoms with Gasteiger partial charge in [-0.1, -0.05) is 43.5 Å². The number of hydrogen-bond donors (Lipinski definition) is 1. The monoisotopic (exact) mass is 252 g/mol. The maximum Gasteiger partial charge on any atom is 0.314 e. The molecule has 17 heavy (non-hydrogen) atoms. The minimum atomic E-state index is -0.716. The predicted molar refractivity (Wildman–Crippen MR) is 68.4 cm³/mol. The number of hydrogen-bond acceptors (Lipinski definition) is 1. The van der Waals surface area contributed by atoms with Gasteiger partial charge in [-0.05, 0) is 36.5 Å². The van der Waals surface area contributed by atoms with Crippen LogP contribution in [-0.2, 0) is 10.2 Å². The Balaban J connectivity index is 2.23. The van der Waals surface area contributed by atoms with E-state index in [1.54, 1.807) is 12.1 Å². The molecule has 1 N–H and O–H groups in total. The van der Waals surface area contributed by atoms with Gasteiger partial charge >= 0.3 is 5.97 Å². The zero-order chi connectivity index (χ0) is 12.5. The smallest absolute Gasteiger partial charge is 0.314 e. The highest BCUT2D eigenvalue weighted by Gasteiger charge is 2.51. The summed E-state index contributed by atoms with van der Waals surface area (Å²) in [6.07, 6.45) is 3.73. The highest BCUT2D eigenvalue weighted by molar-refractivity contribution is 6.30. The number of rotatable bonds is 4. The van der Waals surface area contributed by atoms with Crippen LogP contribution in [0, 0.1) is 5.92 Å². The SMILES string of the molecule is CCCC1CC(C(=O)O)(c2cccc(Cl)c2)C1. The van der Waals surface area contributed by atoms with E-state index in [2.05, 4.69) is 6.92 Å². The van der Waals surface area contributed by atoms with Crippen molar-refractivity contribution in [3.8, 4) is 0 Å². The molecule has 1 aromatic carbocycles. The molecule has 2 rings (SSSR count). The van der Waals surface area contributed by atoms with E-state index < -0.39 is 11.4 Å². The van der Waals surface area contributed by atoms with E-state index in [0.29, 0.717) is 10.9 Å². The molecule has 0 atom stereocenters. The maximum atomic E-state index is 11.5. The van der Waals surface area contributed by atoms with Gasteiger partial charge in [0.25, 0.3) is 0 Å². The fourth-order valence-corrected chi connectivity index (χ4v) is 3.05. The fraction of sp³-hybridized carbons (Fsp3) is 0.500. The van der Waals surface area contributed by atoms with Crippen LogP contribution in [0.5, 0.6) is 0 Å². The standard InChI is InChI=1S/C14H17ClO2/c1-2-4-10-8-14(9-10,13(16)17)11-5-3-6-12(15)7-11/h3,5-7,10H,2,4,8-9H2,1H3,(H,16,17). The molecule has 0 aromatic heterocycles. The summed E-state index contributed by atoms with van der Waals surface area (Å²) in [7, 11) is 0. The Kier molecular flexibility index (Phi) is 3.43. The highest BCUT2D eigenvalue weighted by atomic mass is 35.5. The summed E-state index contributed by atoms with van der Waals surface area (Å²) in [4.78, 5) is 11.5. The molecule has 0 bridgehead atoms. The molecule has 0 unspecified atom stereocenters. The number of aliphatic carboxylic acids is 1. The lowest BCUT2D eigenvalue weighted by Gasteiger charge is -2.45. The van der Waals surface area contributed by atoms with Gasteiger partial charge in [-0.15, -0.1) is 0 Å². The zero-order valence-electron chi connectivity index (χ0n) is 9.95. The molecule has 0 saturated heterocycles. The average Bonchev–Trinajstić information content (AvgIpc) is 2.22. The molecule has 2 nitrogen and oxygen atoms in total. The third-order valence-corrected chi connectivity index (χ3v) is 3.99. The van der Waals surface area contributed by atoms with Crippen LogP contribution in [0.3, 0.4) is 0 Å². The first-order chi connectivity index (χ1) is 8.08. The van der Waals surface area contributed by atoms with E-state index in [1.807, 2.05) is 12.1 Å². The van der Waals surface area contributed by atoms with Crippen LogP contribution in [0.2, 0.25) is 5.02 Å². The molecule has 1 aliphatic carbocycles. The Morgan fingerprint density at radius 3 is 2.76 bits per heavy atom. The van der Waals surface area contributed by atoms with Crippen LogP contribution in [0.1, 0.15) is 38.2 Å². The summed E-state index contributed by atoms with van der Waals surface area (Å²) in [6, 6.07) is 7.28. The van der Waals surface area contributed by atoms with E-state index in [1.165, 1.54) is 0 Å². The van der Waals surface area contributed by atoms with E-state index in [0.717, 1.165) is 31.2 Å². The lowest BCUT2D eigenvalue weighted by Crippen LogP contribution is -2.47. The molecule has 0 amide bonds. The normalized spacial score (nSPS) is 27.5. The first kappa shape index (κ1) is 12.4. The van der Waals surface area contributed by atoms with Crippen LogP contribution < -0.4 is 0 Å². The van der Waals surface area contributed by atoms with Crippen LogP contribution in [0.15, 0.2) is 24.3 Å². The minimum absolute atomic E-state index is 0.551. The predicted octanol–water partition coefficient (Wildman–Crippen LogP) is 3.87.